The first-order chi connectivity index (χ1) is 17.7. The van der Waals surface area contributed by atoms with Gasteiger partial charge in [0.25, 0.3) is 0 Å². The van der Waals surface area contributed by atoms with E-state index in [4.69, 9.17) is 25.3 Å². The van der Waals surface area contributed by atoms with Gasteiger partial charge in [0.1, 0.15) is 0 Å². The van der Waals surface area contributed by atoms with Crippen molar-refractivity contribution >= 4 is 25.3 Å². The fraction of sp³-hybridized carbons (Fsp3) is 0. The van der Waals surface area contributed by atoms with Gasteiger partial charge in [0, 0.05) is 32.8 Å². The van der Waals surface area contributed by atoms with Gasteiger partial charge in [-0.05, 0) is 24.3 Å². The van der Waals surface area contributed by atoms with Crippen molar-refractivity contribution in [2.24, 2.45) is 0 Å². The molecule has 4 aromatic carbocycles. The van der Waals surface area contributed by atoms with Crippen molar-refractivity contribution in [1.82, 2.24) is 29.5 Å². The van der Waals surface area contributed by atoms with Gasteiger partial charge in [0.05, 0.1) is 0 Å². The van der Waals surface area contributed by atoms with E-state index < -0.39 is 0 Å². The molecule has 183 valence electrons. The molecule has 0 fully saturated rings. The average Bonchev–Trinajstić information content (AvgIpc) is 3.53. The fourth-order valence-electron chi connectivity index (χ4n) is 3.71. The molecule has 0 amide bonds. The standard InChI is InChI=1S/2C14H11N3S.Co/c2*18-14-16-15-13(11-7-3-1-4-8-11)17(14)12-9-5-2-6-10-12;/h2*1-10H,(H,16,18);/q;;+2/p-2. The van der Waals surface area contributed by atoms with Crippen molar-refractivity contribution < 1.29 is 16.8 Å². The van der Waals surface area contributed by atoms with Crippen molar-refractivity contribution in [3.05, 3.63) is 121 Å². The molecule has 6 nitrogen and oxygen atoms in total. The number of hydrogen-bond donors (Lipinski definition) is 0. The minimum Gasteiger partial charge on any atom is -0.740 e. The maximum Gasteiger partial charge on any atom is 2.00 e. The van der Waals surface area contributed by atoms with Crippen molar-refractivity contribution in [2.45, 2.75) is 10.3 Å². The fourth-order valence-corrected chi connectivity index (χ4v) is 4.17. The second kappa shape index (κ2) is 12.4. The van der Waals surface area contributed by atoms with Crippen LogP contribution in [-0.4, -0.2) is 29.5 Å². The zero-order valence-electron chi connectivity index (χ0n) is 19.4. The third-order valence-electron chi connectivity index (χ3n) is 5.36. The van der Waals surface area contributed by atoms with E-state index in [-0.39, 0.29) is 16.8 Å². The van der Waals surface area contributed by atoms with Gasteiger partial charge < -0.3 is 25.3 Å². The summed E-state index contributed by atoms with van der Waals surface area (Å²) in [5, 5.41) is 17.3. The SMILES string of the molecule is [Co+2].[S-]c1nnc(-c2ccccc2)n1-c1ccccc1.[S-]c1nnc(-c2ccccc2)n1-c1ccccc1. The van der Waals surface area contributed by atoms with Crippen molar-refractivity contribution in [3.63, 3.8) is 0 Å². The molecule has 0 saturated carbocycles. The second-order valence-corrected chi connectivity index (χ2v) is 8.42. The van der Waals surface area contributed by atoms with Crippen LogP contribution in [0.4, 0.5) is 0 Å². The van der Waals surface area contributed by atoms with Gasteiger partial charge in [-0.15, -0.1) is 10.2 Å². The Balaban J connectivity index is 0.000000168. The van der Waals surface area contributed by atoms with Gasteiger partial charge in [-0.1, -0.05) is 97.1 Å². The van der Waals surface area contributed by atoms with Gasteiger partial charge in [-0.2, -0.15) is 10.2 Å². The third kappa shape index (κ3) is 5.92. The van der Waals surface area contributed by atoms with Gasteiger partial charge in [-0.25, -0.2) is 0 Å². The number of para-hydroxylation sites is 2. The molecule has 6 aromatic rings. The maximum atomic E-state index is 5.24. The molecule has 9 heteroatoms. The number of rotatable bonds is 4. The van der Waals surface area contributed by atoms with E-state index >= 15 is 0 Å². The molecule has 0 aliphatic heterocycles. The Kier molecular flexibility index (Phi) is 8.75. The molecule has 2 heterocycles. The van der Waals surface area contributed by atoms with Crippen LogP contribution in [0.3, 0.4) is 0 Å². The molecular formula is C28H20CoN6S2. The Labute approximate surface area is 236 Å². The van der Waals surface area contributed by atoms with Gasteiger partial charge in [0.2, 0.25) is 0 Å². The molecule has 6 rings (SSSR count). The van der Waals surface area contributed by atoms with Gasteiger partial charge in [-0.3, -0.25) is 9.13 Å². The third-order valence-corrected chi connectivity index (χ3v) is 5.89. The average molecular weight is 564 g/mol. The maximum absolute atomic E-state index is 5.24. The van der Waals surface area contributed by atoms with E-state index in [1.807, 2.05) is 130 Å². The molecule has 0 saturated heterocycles. The zero-order valence-corrected chi connectivity index (χ0v) is 22.1. The molecule has 0 unspecified atom stereocenters. The monoisotopic (exact) mass is 563 g/mol. The van der Waals surface area contributed by atoms with E-state index in [0.29, 0.717) is 10.3 Å². The number of aromatic nitrogens is 6. The zero-order chi connectivity index (χ0) is 24.7. The van der Waals surface area contributed by atoms with Crippen LogP contribution in [-0.2, 0) is 42.0 Å². The smallest absolute Gasteiger partial charge is 0.740 e. The molecule has 2 aromatic heterocycles. The van der Waals surface area contributed by atoms with Gasteiger partial charge in [0.15, 0.2) is 11.6 Å². The van der Waals surface area contributed by atoms with Crippen LogP contribution in [0.2, 0.25) is 0 Å². The molecule has 37 heavy (non-hydrogen) atoms. The molecule has 0 spiro atoms. The Morgan fingerprint density at radius 3 is 1.03 bits per heavy atom. The first-order valence-electron chi connectivity index (χ1n) is 11.2. The van der Waals surface area contributed by atoms with E-state index in [1.165, 1.54) is 0 Å². The van der Waals surface area contributed by atoms with Crippen molar-refractivity contribution in [3.8, 4) is 34.2 Å². The number of benzene rings is 4. The molecule has 0 aliphatic rings. The summed E-state index contributed by atoms with van der Waals surface area (Å²) in [6.07, 6.45) is 0. The van der Waals surface area contributed by atoms with Crippen LogP contribution in [0.5, 0.6) is 0 Å². The summed E-state index contributed by atoms with van der Waals surface area (Å²) in [4.78, 5) is 0. The molecular weight excluding hydrogens is 543 g/mol. The summed E-state index contributed by atoms with van der Waals surface area (Å²) >= 11 is 10.5. The minimum atomic E-state index is 0. The number of hydrogen-bond acceptors (Lipinski definition) is 6. The predicted octanol–water partition coefficient (Wildman–Crippen LogP) is 5.68. The molecule has 0 atom stereocenters. The number of nitrogens with zero attached hydrogens (tertiary/aromatic N) is 6. The van der Waals surface area contributed by atoms with Crippen LogP contribution in [0, 0.1) is 0 Å². The summed E-state index contributed by atoms with van der Waals surface area (Å²) in [6.45, 7) is 0. The summed E-state index contributed by atoms with van der Waals surface area (Å²) in [7, 11) is 0. The van der Waals surface area contributed by atoms with Gasteiger partial charge >= 0.3 is 16.8 Å². The van der Waals surface area contributed by atoms with Crippen molar-refractivity contribution in [1.29, 1.82) is 0 Å². The first kappa shape index (κ1) is 26.2. The normalized spacial score (nSPS) is 10.2. The summed E-state index contributed by atoms with van der Waals surface area (Å²) in [6, 6.07) is 39.6. The van der Waals surface area contributed by atoms with Crippen LogP contribution in [0.1, 0.15) is 0 Å². The summed E-state index contributed by atoms with van der Waals surface area (Å²) < 4.78 is 3.76. The quantitative estimate of drug-likeness (QED) is 0.258. The summed E-state index contributed by atoms with van der Waals surface area (Å²) in [5.74, 6) is 1.54. The molecule has 0 aliphatic carbocycles. The van der Waals surface area contributed by atoms with Crippen LogP contribution in [0.25, 0.3) is 34.2 Å². The van der Waals surface area contributed by atoms with E-state index in [9.17, 15) is 0 Å². The molecule has 0 bridgehead atoms. The molecule has 0 N–H and O–H groups in total. The first-order valence-corrected chi connectivity index (χ1v) is 12.0. The topological polar surface area (TPSA) is 61.4 Å². The largest absolute Gasteiger partial charge is 2.00 e. The minimum absolute atomic E-state index is 0. The van der Waals surface area contributed by atoms with E-state index in [0.717, 1.165) is 34.2 Å². The Bertz CT molecular complexity index is 1420. The Morgan fingerprint density at radius 2 is 0.703 bits per heavy atom. The summed E-state index contributed by atoms with van der Waals surface area (Å²) in [5.41, 5.74) is 3.97. The van der Waals surface area contributed by atoms with E-state index in [2.05, 4.69) is 20.4 Å². The molecule has 1 radical (unpaired) electrons. The van der Waals surface area contributed by atoms with Crippen LogP contribution >= 0.6 is 0 Å². The van der Waals surface area contributed by atoms with E-state index in [1.54, 1.807) is 0 Å². The van der Waals surface area contributed by atoms with Crippen LogP contribution < -0.4 is 0 Å². The Hall–Kier alpha value is -3.89. The second-order valence-electron chi connectivity index (χ2n) is 7.69. The predicted molar refractivity (Wildman–Crippen MR) is 145 cm³/mol. The Morgan fingerprint density at radius 1 is 0.405 bits per heavy atom. The van der Waals surface area contributed by atoms with Crippen LogP contribution in [0.15, 0.2) is 132 Å². The van der Waals surface area contributed by atoms with Crippen molar-refractivity contribution in [2.75, 3.05) is 0 Å².